The van der Waals surface area contributed by atoms with Crippen molar-refractivity contribution in [3.8, 4) is 0 Å². The fraction of sp³-hybridized carbons (Fsp3) is 0.0667. The first kappa shape index (κ1) is 15.5. The van der Waals surface area contributed by atoms with E-state index in [-0.39, 0.29) is 18.0 Å². The number of carbonyl (C=O) groups is 1. The van der Waals surface area contributed by atoms with Gasteiger partial charge in [-0.15, -0.1) is 0 Å². The molecule has 0 N–H and O–H groups in total. The molecule has 3 rings (SSSR count). The highest BCUT2D eigenvalue weighted by molar-refractivity contribution is 6.37. The molecule has 116 valence electrons. The fourth-order valence-electron chi connectivity index (χ4n) is 2.21. The molecule has 1 aliphatic rings. The number of carbonyl (C=O) groups excluding carboxylic acids is 1. The van der Waals surface area contributed by atoms with Gasteiger partial charge < -0.3 is 0 Å². The van der Waals surface area contributed by atoms with Crippen molar-refractivity contribution in [3.63, 3.8) is 0 Å². The normalized spacial score (nSPS) is 14.1. The van der Waals surface area contributed by atoms with Crippen molar-refractivity contribution in [2.45, 2.75) is 6.42 Å². The first-order valence-electron chi connectivity index (χ1n) is 6.56. The minimum absolute atomic E-state index is 0.0173. The number of anilines is 1. The molecule has 0 spiro atoms. The number of nitrogens with zero attached hydrogens (tertiary/aromatic N) is 3. The Labute approximate surface area is 141 Å². The molecule has 2 aromatic rings. The molecule has 0 unspecified atom stereocenters. The van der Waals surface area contributed by atoms with E-state index in [9.17, 15) is 14.9 Å². The van der Waals surface area contributed by atoms with E-state index in [0.29, 0.717) is 27.0 Å². The summed E-state index contributed by atoms with van der Waals surface area (Å²) in [6.07, 6.45) is 0.0940. The zero-order valence-electron chi connectivity index (χ0n) is 11.6. The second-order valence-electron chi connectivity index (χ2n) is 4.83. The number of halogens is 2. The molecule has 6 nitrogen and oxygen atoms in total. The van der Waals surface area contributed by atoms with E-state index in [1.165, 1.54) is 23.2 Å². The van der Waals surface area contributed by atoms with Crippen molar-refractivity contribution in [1.29, 1.82) is 0 Å². The molecule has 1 aliphatic heterocycles. The van der Waals surface area contributed by atoms with Gasteiger partial charge in [0, 0.05) is 17.2 Å². The minimum Gasteiger partial charge on any atom is -0.272 e. The fourth-order valence-corrected chi connectivity index (χ4v) is 2.70. The van der Waals surface area contributed by atoms with Gasteiger partial charge in [0.2, 0.25) is 0 Å². The Morgan fingerprint density at radius 3 is 2.43 bits per heavy atom. The van der Waals surface area contributed by atoms with Crippen LogP contribution in [0.4, 0.5) is 11.4 Å². The average Bonchev–Trinajstić information content (AvgIpc) is 2.89. The van der Waals surface area contributed by atoms with Crippen molar-refractivity contribution in [1.82, 2.24) is 0 Å². The Morgan fingerprint density at radius 1 is 1.13 bits per heavy atom. The van der Waals surface area contributed by atoms with Gasteiger partial charge in [-0.05, 0) is 35.9 Å². The third-order valence-corrected chi connectivity index (χ3v) is 3.86. The Hall–Kier alpha value is -2.44. The van der Waals surface area contributed by atoms with E-state index >= 15 is 0 Å². The summed E-state index contributed by atoms with van der Waals surface area (Å²) in [5.74, 6) is -0.234. The summed E-state index contributed by atoms with van der Waals surface area (Å²) < 4.78 is 0. The van der Waals surface area contributed by atoms with Gasteiger partial charge >= 0.3 is 0 Å². The molecule has 0 fully saturated rings. The van der Waals surface area contributed by atoms with E-state index in [4.69, 9.17) is 23.2 Å². The molecule has 23 heavy (non-hydrogen) atoms. The number of nitro benzene ring substituents is 1. The Bertz CT molecular complexity index is 834. The van der Waals surface area contributed by atoms with E-state index in [1.807, 2.05) is 0 Å². The van der Waals surface area contributed by atoms with Crippen LogP contribution < -0.4 is 5.01 Å². The maximum Gasteiger partial charge on any atom is 0.269 e. The van der Waals surface area contributed by atoms with Crippen molar-refractivity contribution in [3.05, 3.63) is 68.2 Å². The summed E-state index contributed by atoms with van der Waals surface area (Å²) >= 11 is 11.9. The van der Waals surface area contributed by atoms with Crippen LogP contribution in [-0.2, 0) is 4.79 Å². The molecule has 2 aromatic carbocycles. The van der Waals surface area contributed by atoms with Crippen molar-refractivity contribution in [2.24, 2.45) is 5.10 Å². The largest absolute Gasteiger partial charge is 0.272 e. The number of amides is 1. The Morgan fingerprint density at radius 2 is 1.83 bits per heavy atom. The summed E-state index contributed by atoms with van der Waals surface area (Å²) in [5.41, 5.74) is 1.60. The molecular formula is C15H9Cl2N3O3. The molecule has 0 radical (unpaired) electrons. The van der Waals surface area contributed by atoms with Gasteiger partial charge in [0.15, 0.2) is 0 Å². The molecule has 0 aromatic heterocycles. The topological polar surface area (TPSA) is 75.8 Å². The monoisotopic (exact) mass is 349 g/mol. The molecule has 0 saturated heterocycles. The molecule has 0 atom stereocenters. The number of nitro groups is 1. The molecule has 0 bridgehead atoms. The van der Waals surface area contributed by atoms with Gasteiger partial charge in [0.1, 0.15) is 0 Å². The second kappa shape index (κ2) is 5.98. The van der Waals surface area contributed by atoms with Crippen LogP contribution in [0.3, 0.4) is 0 Å². The molecule has 8 heteroatoms. The maximum atomic E-state index is 12.2. The number of hydrogen-bond donors (Lipinski definition) is 0. The zero-order valence-corrected chi connectivity index (χ0v) is 13.1. The van der Waals surface area contributed by atoms with Gasteiger partial charge in [-0.2, -0.15) is 10.1 Å². The van der Waals surface area contributed by atoms with Gasteiger partial charge in [-0.3, -0.25) is 14.9 Å². The van der Waals surface area contributed by atoms with Crippen molar-refractivity contribution < 1.29 is 9.72 Å². The van der Waals surface area contributed by atoms with Crippen LogP contribution >= 0.6 is 23.2 Å². The van der Waals surface area contributed by atoms with Gasteiger partial charge in [0.05, 0.1) is 27.8 Å². The van der Waals surface area contributed by atoms with E-state index in [0.717, 1.165) is 0 Å². The van der Waals surface area contributed by atoms with E-state index in [1.54, 1.807) is 24.3 Å². The van der Waals surface area contributed by atoms with Crippen LogP contribution in [-0.4, -0.2) is 16.5 Å². The number of benzene rings is 2. The standard InChI is InChI=1S/C15H9Cl2N3O3/c16-10-3-6-14(12(17)7-10)19-15(21)8-13(18-19)9-1-4-11(5-2-9)20(22)23/h1-7H,8H2. The van der Waals surface area contributed by atoms with Crippen LogP contribution in [0.5, 0.6) is 0 Å². The highest BCUT2D eigenvalue weighted by Crippen LogP contribution is 2.32. The summed E-state index contributed by atoms with van der Waals surface area (Å²) in [5, 5.41) is 17.0. The summed E-state index contributed by atoms with van der Waals surface area (Å²) in [7, 11) is 0. The van der Waals surface area contributed by atoms with Crippen LogP contribution in [0, 0.1) is 10.1 Å². The van der Waals surface area contributed by atoms with Crippen LogP contribution in [0.2, 0.25) is 10.0 Å². The average molecular weight is 350 g/mol. The first-order valence-corrected chi connectivity index (χ1v) is 7.31. The lowest BCUT2D eigenvalue weighted by atomic mass is 10.1. The highest BCUT2D eigenvalue weighted by atomic mass is 35.5. The Kier molecular flexibility index (Phi) is 4.02. The lowest BCUT2D eigenvalue weighted by molar-refractivity contribution is -0.384. The molecule has 1 amide bonds. The third kappa shape index (κ3) is 3.04. The number of hydrazone groups is 1. The predicted molar refractivity (Wildman–Crippen MR) is 88.2 cm³/mol. The predicted octanol–water partition coefficient (Wildman–Crippen LogP) is 4.04. The third-order valence-electron chi connectivity index (χ3n) is 3.32. The molecule has 0 aliphatic carbocycles. The van der Waals surface area contributed by atoms with Gasteiger partial charge in [0.25, 0.3) is 11.6 Å². The van der Waals surface area contributed by atoms with Crippen LogP contribution in [0.15, 0.2) is 47.6 Å². The van der Waals surface area contributed by atoms with E-state index in [2.05, 4.69) is 5.10 Å². The van der Waals surface area contributed by atoms with Crippen LogP contribution in [0.1, 0.15) is 12.0 Å². The quantitative estimate of drug-likeness (QED) is 0.619. The smallest absolute Gasteiger partial charge is 0.269 e. The molecule has 0 saturated carbocycles. The van der Waals surface area contributed by atoms with Crippen molar-refractivity contribution >= 4 is 46.2 Å². The van der Waals surface area contributed by atoms with Gasteiger partial charge in [-0.1, -0.05) is 23.2 Å². The number of rotatable bonds is 3. The SMILES string of the molecule is O=C1CC(c2ccc([N+](=O)[O-])cc2)=NN1c1ccc(Cl)cc1Cl. The highest BCUT2D eigenvalue weighted by Gasteiger charge is 2.27. The summed E-state index contributed by atoms with van der Waals surface area (Å²) in [6, 6.07) is 10.7. The number of hydrogen-bond acceptors (Lipinski definition) is 4. The second-order valence-corrected chi connectivity index (χ2v) is 5.67. The van der Waals surface area contributed by atoms with Gasteiger partial charge in [-0.25, -0.2) is 0 Å². The summed E-state index contributed by atoms with van der Waals surface area (Å²) in [4.78, 5) is 22.4. The minimum atomic E-state index is -0.481. The zero-order chi connectivity index (χ0) is 16.6. The van der Waals surface area contributed by atoms with E-state index < -0.39 is 4.92 Å². The first-order chi connectivity index (χ1) is 11.0. The maximum absolute atomic E-state index is 12.2. The van der Waals surface area contributed by atoms with Crippen LogP contribution in [0.25, 0.3) is 0 Å². The van der Waals surface area contributed by atoms with Crippen molar-refractivity contribution in [2.75, 3.05) is 5.01 Å². The summed E-state index contributed by atoms with van der Waals surface area (Å²) in [6.45, 7) is 0. The molecular weight excluding hydrogens is 341 g/mol. The Balaban J connectivity index is 1.93. The number of non-ortho nitro benzene ring substituents is 1. The molecule has 1 heterocycles. The lowest BCUT2D eigenvalue weighted by Gasteiger charge is -2.13. The lowest BCUT2D eigenvalue weighted by Crippen LogP contribution is -2.19.